The number of amides is 2. The Morgan fingerprint density at radius 3 is 2.74 bits per heavy atom. The maximum absolute atomic E-state index is 12.8. The zero-order valence-corrected chi connectivity index (χ0v) is 16.1. The molecule has 1 atom stereocenters. The summed E-state index contributed by atoms with van der Waals surface area (Å²) in [5, 5.41) is 13.1. The average molecular weight is 379 g/mol. The number of carbonyl (C=O) groups is 2. The van der Waals surface area contributed by atoms with Crippen LogP contribution in [0.3, 0.4) is 0 Å². The predicted molar refractivity (Wildman–Crippen MR) is 106 cm³/mol. The number of fused-ring (bicyclic) bond motifs is 1. The van der Waals surface area contributed by atoms with Crippen molar-refractivity contribution in [1.82, 2.24) is 0 Å². The van der Waals surface area contributed by atoms with Gasteiger partial charge in [0.15, 0.2) is 0 Å². The van der Waals surface area contributed by atoms with Crippen LogP contribution in [-0.2, 0) is 22.4 Å². The summed E-state index contributed by atoms with van der Waals surface area (Å²) in [5.74, 6) is -0.609. The number of rotatable bonds is 3. The molecule has 2 aromatic rings. The van der Waals surface area contributed by atoms with Crippen molar-refractivity contribution >= 4 is 33.8 Å². The van der Waals surface area contributed by atoms with Crippen molar-refractivity contribution in [3.63, 3.8) is 0 Å². The highest BCUT2D eigenvalue weighted by molar-refractivity contribution is 7.16. The third-order valence-corrected chi connectivity index (χ3v) is 6.57. The minimum absolute atomic E-state index is 0.0371. The summed E-state index contributed by atoms with van der Waals surface area (Å²) in [6.45, 7) is 2.37. The number of nitrogens with zero attached hydrogens (tertiary/aromatic N) is 2. The second-order valence-electron chi connectivity index (χ2n) is 7.26. The molecule has 1 aliphatic heterocycles. The van der Waals surface area contributed by atoms with Crippen molar-refractivity contribution in [3.8, 4) is 6.07 Å². The van der Waals surface area contributed by atoms with Gasteiger partial charge in [0.2, 0.25) is 11.8 Å². The molecule has 1 fully saturated rings. The Labute approximate surface area is 162 Å². The molecule has 1 saturated heterocycles. The van der Waals surface area contributed by atoms with Crippen LogP contribution in [0.25, 0.3) is 0 Å². The fraction of sp³-hybridized carbons (Fsp3) is 0.381. The number of carbonyl (C=O) groups excluding carboxylic acids is 2. The number of nitrogens with one attached hydrogen (secondary N) is 1. The largest absolute Gasteiger partial charge is 0.316 e. The quantitative estimate of drug-likeness (QED) is 0.882. The Morgan fingerprint density at radius 1 is 1.26 bits per heavy atom. The normalized spacial score (nSPS) is 18.9. The Balaban J connectivity index is 1.50. The van der Waals surface area contributed by atoms with Crippen LogP contribution in [0, 0.1) is 24.2 Å². The molecule has 0 spiro atoms. The number of hydrogen-bond donors (Lipinski definition) is 1. The van der Waals surface area contributed by atoms with Crippen molar-refractivity contribution in [1.29, 1.82) is 5.26 Å². The van der Waals surface area contributed by atoms with E-state index in [0.29, 0.717) is 17.1 Å². The van der Waals surface area contributed by atoms with Crippen LogP contribution in [0.2, 0.25) is 0 Å². The van der Waals surface area contributed by atoms with Gasteiger partial charge in [0.1, 0.15) is 11.1 Å². The van der Waals surface area contributed by atoms with E-state index in [2.05, 4.69) is 11.4 Å². The van der Waals surface area contributed by atoms with E-state index in [9.17, 15) is 14.9 Å². The third-order valence-electron chi connectivity index (χ3n) is 5.36. The first-order chi connectivity index (χ1) is 13.1. The lowest BCUT2D eigenvalue weighted by molar-refractivity contribution is -0.122. The van der Waals surface area contributed by atoms with E-state index in [4.69, 9.17) is 0 Å². The molecule has 0 radical (unpaired) electrons. The Kier molecular flexibility index (Phi) is 4.71. The maximum Gasteiger partial charge on any atom is 0.230 e. The standard InChI is InChI=1S/C21H21N3O2S/c1-13-6-8-15(9-7-13)24-12-14(10-19(24)25)20(26)23-21-17(11-22)16-4-2-3-5-18(16)27-21/h6-9,14H,2-5,10,12H2,1H3,(H,23,26). The summed E-state index contributed by atoms with van der Waals surface area (Å²) in [5.41, 5.74) is 3.67. The van der Waals surface area contributed by atoms with Gasteiger partial charge in [-0.2, -0.15) is 5.26 Å². The van der Waals surface area contributed by atoms with E-state index in [-0.39, 0.29) is 18.2 Å². The molecule has 27 heavy (non-hydrogen) atoms. The molecule has 2 aliphatic rings. The maximum atomic E-state index is 12.8. The van der Waals surface area contributed by atoms with Crippen LogP contribution in [0.15, 0.2) is 24.3 Å². The summed E-state index contributed by atoms with van der Waals surface area (Å²) in [6, 6.07) is 10.0. The zero-order chi connectivity index (χ0) is 19.0. The van der Waals surface area contributed by atoms with Gasteiger partial charge in [0.05, 0.1) is 11.5 Å². The fourth-order valence-corrected chi connectivity index (χ4v) is 5.09. The molecule has 0 bridgehead atoms. The molecule has 6 heteroatoms. The number of benzene rings is 1. The van der Waals surface area contributed by atoms with E-state index in [1.807, 2.05) is 31.2 Å². The molecule has 5 nitrogen and oxygen atoms in total. The summed E-state index contributed by atoms with van der Waals surface area (Å²) < 4.78 is 0. The van der Waals surface area contributed by atoms with Crippen molar-refractivity contribution in [2.45, 2.75) is 39.0 Å². The van der Waals surface area contributed by atoms with Gasteiger partial charge in [-0.3, -0.25) is 9.59 Å². The fourth-order valence-electron chi connectivity index (χ4n) is 3.84. The molecule has 2 amide bonds. The van der Waals surface area contributed by atoms with Gasteiger partial charge in [-0.15, -0.1) is 11.3 Å². The van der Waals surface area contributed by atoms with Crippen molar-refractivity contribution in [3.05, 3.63) is 45.8 Å². The van der Waals surface area contributed by atoms with Crippen LogP contribution in [0.4, 0.5) is 10.7 Å². The van der Waals surface area contributed by atoms with Crippen molar-refractivity contribution in [2.75, 3.05) is 16.8 Å². The molecule has 1 aliphatic carbocycles. The summed E-state index contributed by atoms with van der Waals surface area (Å²) in [4.78, 5) is 28.1. The topological polar surface area (TPSA) is 73.2 Å². The molecule has 2 heterocycles. The average Bonchev–Trinajstić information content (AvgIpc) is 3.22. The van der Waals surface area contributed by atoms with Crippen LogP contribution in [-0.4, -0.2) is 18.4 Å². The molecule has 138 valence electrons. The van der Waals surface area contributed by atoms with Crippen LogP contribution in [0.5, 0.6) is 0 Å². The summed E-state index contributed by atoms with van der Waals surface area (Å²) in [6.07, 6.45) is 4.32. The first-order valence-electron chi connectivity index (χ1n) is 9.29. The second-order valence-corrected chi connectivity index (χ2v) is 8.36. The highest BCUT2D eigenvalue weighted by Crippen LogP contribution is 2.38. The Hall–Kier alpha value is -2.65. The SMILES string of the molecule is Cc1ccc(N2CC(C(=O)Nc3sc4c(c3C#N)CCCC4)CC2=O)cc1. The molecule has 1 aromatic carbocycles. The number of aryl methyl sites for hydroxylation is 2. The van der Waals surface area contributed by atoms with E-state index in [0.717, 1.165) is 42.5 Å². The van der Waals surface area contributed by atoms with Gasteiger partial charge >= 0.3 is 0 Å². The van der Waals surface area contributed by atoms with Gasteiger partial charge in [-0.1, -0.05) is 17.7 Å². The second kappa shape index (κ2) is 7.16. The molecule has 1 aromatic heterocycles. The molecule has 0 saturated carbocycles. The first-order valence-corrected chi connectivity index (χ1v) is 10.1. The molecular formula is C21H21N3O2S. The van der Waals surface area contributed by atoms with Crippen molar-refractivity contribution in [2.24, 2.45) is 5.92 Å². The van der Waals surface area contributed by atoms with Gasteiger partial charge < -0.3 is 10.2 Å². The minimum Gasteiger partial charge on any atom is -0.316 e. The predicted octanol–water partition coefficient (Wildman–Crippen LogP) is 3.80. The van der Waals surface area contributed by atoms with Gasteiger partial charge in [0, 0.05) is 23.5 Å². The Bertz CT molecular complexity index is 940. The van der Waals surface area contributed by atoms with Crippen LogP contribution >= 0.6 is 11.3 Å². The smallest absolute Gasteiger partial charge is 0.230 e. The van der Waals surface area contributed by atoms with E-state index < -0.39 is 5.92 Å². The van der Waals surface area contributed by atoms with Gasteiger partial charge in [-0.05, 0) is 50.3 Å². The van der Waals surface area contributed by atoms with E-state index in [1.165, 1.54) is 16.2 Å². The molecule has 1 unspecified atom stereocenters. The lowest BCUT2D eigenvalue weighted by atomic mass is 9.96. The monoisotopic (exact) mass is 379 g/mol. The number of hydrogen-bond acceptors (Lipinski definition) is 4. The summed E-state index contributed by atoms with van der Waals surface area (Å²) in [7, 11) is 0. The summed E-state index contributed by atoms with van der Waals surface area (Å²) >= 11 is 1.52. The van der Waals surface area contributed by atoms with E-state index >= 15 is 0 Å². The lowest BCUT2D eigenvalue weighted by Crippen LogP contribution is -2.28. The zero-order valence-electron chi connectivity index (χ0n) is 15.2. The van der Waals surface area contributed by atoms with Crippen LogP contribution in [0.1, 0.15) is 40.8 Å². The first kappa shape index (κ1) is 17.7. The highest BCUT2D eigenvalue weighted by atomic mass is 32.1. The van der Waals surface area contributed by atoms with Gasteiger partial charge in [-0.25, -0.2) is 0 Å². The minimum atomic E-state index is -0.399. The molecular weight excluding hydrogens is 358 g/mol. The number of nitriles is 1. The lowest BCUT2D eigenvalue weighted by Gasteiger charge is -2.16. The highest BCUT2D eigenvalue weighted by Gasteiger charge is 2.36. The number of thiophene rings is 1. The number of anilines is 2. The van der Waals surface area contributed by atoms with Crippen LogP contribution < -0.4 is 10.2 Å². The van der Waals surface area contributed by atoms with Gasteiger partial charge in [0.25, 0.3) is 0 Å². The molecule has 1 N–H and O–H groups in total. The molecule has 4 rings (SSSR count). The van der Waals surface area contributed by atoms with E-state index in [1.54, 1.807) is 4.90 Å². The third kappa shape index (κ3) is 3.35. The van der Waals surface area contributed by atoms with Crippen molar-refractivity contribution < 1.29 is 9.59 Å². The Morgan fingerprint density at radius 2 is 2.00 bits per heavy atom.